The topological polar surface area (TPSA) is 45.7 Å². The van der Waals surface area contributed by atoms with Crippen molar-refractivity contribution in [2.45, 2.75) is 50.6 Å². The van der Waals surface area contributed by atoms with E-state index in [1.807, 2.05) is 17.8 Å². The lowest BCUT2D eigenvalue weighted by molar-refractivity contribution is 0.181. The van der Waals surface area contributed by atoms with E-state index in [2.05, 4.69) is 22.5 Å². The monoisotopic (exact) mass is 481 g/mol. The molecule has 1 aliphatic carbocycles. The minimum atomic E-state index is -0.228. The largest absolute Gasteiger partial charge is 0.380 e. The van der Waals surface area contributed by atoms with Gasteiger partial charge >= 0.3 is 0 Å². The summed E-state index contributed by atoms with van der Waals surface area (Å²) in [7, 11) is 3.35. The zero-order chi connectivity index (χ0) is 17.4. The maximum absolute atomic E-state index is 13.7. The van der Waals surface area contributed by atoms with Crippen molar-refractivity contribution in [1.29, 1.82) is 0 Å². The molecule has 1 aromatic carbocycles. The van der Waals surface area contributed by atoms with Crippen LogP contribution in [-0.4, -0.2) is 37.2 Å². The molecule has 0 aliphatic heterocycles. The fourth-order valence-corrected chi connectivity index (χ4v) is 4.18. The molecule has 2 N–H and O–H groups in total. The average molecular weight is 481 g/mol. The quantitative estimate of drug-likeness (QED) is 0.352. The SMILES string of the molecule is CCSC1CCC(NC(=NC)NCc2ccc(F)c(COC)c2)C1.I. The summed E-state index contributed by atoms with van der Waals surface area (Å²) in [6, 6.07) is 5.60. The summed E-state index contributed by atoms with van der Waals surface area (Å²) in [6.45, 7) is 3.11. The molecule has 0 heterocycles. The lowest BCUT2D eigenvalue weighted by atomic mass is 10.1. The Labute approximate surface area is 171 Å². The van der Waals surface area contributed by atoms with E-state index in [1.165, 1.54) is 31.1 Å². The fourth-order valence-electron chi connectivity index (χ4n) is 3.04. The molecule has 1 fully saturated rings. The minimum absolute atomic E-state index is 0. The van der Waals surface area contributed by atoms with Crippen molar-refractivity contribution in [3.63, 3.8) is 0 Å². The summed E-state index contributed by atoms with van der Waals surface area (Å²) >= 11 is 2.05. The third-order valence-corrected chi connectivity index (χ3v) is 5.45. The first-order valence-electron chi connectivity index (χ1n) is 8.51. The van der Waals surface area contributed by atoms with Crippen LogP contribution in [0.3, 0.4) is 0 Å². The fraction of sp³-hybridized carbons (Fsp3) is 0.611. The van der Waals surface area contributed by atoms with Crippen LogP contribution in [0.25, 0.3) is 0 Å². The molecule has 0 amide bonds. The van der Waals surface area contributed by atoms with E-state index in [0.29, 0.717) is 18.2 Å². The molecular weight excluding hydrogens is 452 g/mol. The number of thioether (sulfide) groups is 1. The van der Waals surface area contributed by atoms with Gasteiger partial charge in [-0.05, 0) is 42.7 Å². The zero-order valence-electron chi connectivity index (χ0n) is 15.2. The number of ether oxygens (including phenoxy) is 1. The van der Waals surface area contributed by atoms with E-state index < -0.39 is 0 Å². The number of nitrogens with zero attached hydrogens (tertiary/aromatic N) is 1. The molecule has 2 atom stereocenters. The standard InChI is InChI=1S/C18H28FN3OS.HI/c1-4-24-16-7-6-15(10-16)22-18(20-2)21-11-13-5-8-17(19)14(9-13)12-23-3;/h5,8-9,15-16H,4,6-7,10-12H2,1-3H3,(H2,20,21,22);1H. The van der Waals surface area contributed by atoms with Gasteiger partial charge in [0.25, 0.3) is 0 Å². The number of methoxy groups -OCH3 is 1. The Kier molecular flexibility index (Phi) is 10.8. The second-order valence-corrected chi connectivity index (χ2v) is 7.59. The zero-order valence-corrected chi connectivity index (χ0v) is 18.3. The molecule has 0 bridgehead atoms. The third-order valence-electron chi connectivity index (χ3n) is 4.22. The van der Waals surface area contributed by atoms with Crippen LogP contribution < -0.4 is 10.6 Å². The number of rotatable bonds is 7. The van der Waals surface area contributed by atoms with Gasteiger partial charge in [-0.25, -0.2) is 4.39 Å². The number of halogens is 2. The lowest BCUT2D eigenvalue weighted by Gasteiger charge is -2.18. The first-order valence-corrected chi connectivity index (χ1v) is 9.56. The van der Waals surface area contributed by atoms with Gasteiger partial charge in [0.15, 0.2) is 5.96 Å². The predicted octanol–water partition coefficient (Wildman–Crippen LogP) is 3.93. The summed E-state index contributed by atoms with van der Waals surface area (Å²) in [5.74, 6) is 1.76. The molecule has 0 radical (unpaired) electrons. The highest BCUT2D eigenvalue weighted by Gasteiger charge is 2.25. The van der Waals surface area contributed by atoms with Crippen molar-refractivity contribution in [2.75, 3.05) is 19.9 Å². The number of benzene rings is 1. The normalized spacial score (nSPS) is 20.2. The van der Waals surface area contributed by atoms with Gasteiger partial charge in [-0.15, -0.1) is 24.0 Å². The molecule has 142 valence electrons. The van der Waals surface area contributed by atoms with E-state index in [0.717, 1.165) is 16.8 Å². The first kappa shape index (κ1) is 22.5. The second kappa shape index (κ2) is 12.0. The number of guanidine groups is 1. The van der Waals surface area contributed by atoms with Crippen molar-refractivity contribution >= 4 is 41.7 Å². The molecule has 0 spiro atoms. The Balaban J connectivity index is 0.00000312. The second-order valence-electron chi connectivity index (χ2n) is 6.02. The van der Waals surface area contributed by atoms with Gasteiger partial charge in [-0.3, -0.25) is 4.99 Å². The minimum Gasteiger partial charge on any atom is -0.380 e. The Morgan fingerprint density at radius 1 is 1.40 bits per heavy atom. The Bertz CT molecular complexity index is 559. The molecule has 7 heteroatoms. The summed E-state index contributed by atoms with van der Waals surface area (Å²) in [5.41, 5.74) is 1.59. The third kappa shape index (κ3) is 7.30. The highest BCUT2D eigenvalue weighted by atomic mass is 127. The molecule has 1 aliphatic rings. The number of hydrogen-bond acceptors (Lipinski definition) is 3. The highest BCUT2D eigenvalue weighted by Crippen LogP contribution is 2.29. The van der Waals surface area contributed by atoms with Gasteiger partial charge in [0.2, 0.25) is 0 Å². The number of aliphatic imine (C=N–C) groups is 1. The maximum Gasteiger partial charge on any atom is 0.191 e. The average Bonchev–Trinajstić information content (AvgIpc) is 3.02. The summed E-state index contributed by atoms with van der Waals surface area (Å²) < 4.78 is 18.7. The Hall–Kier alpha value is -0.540. The van der Waals surface area contributed by atoms with E-state index >= 15 is 0 Å². The molecule has 25 heavy (non-hydrogen) atoms. The van der Waals surface area contributed by atoms with Crippen molar-refractivity contribution < 1.29 is 9.13 Å². The van der Waals surface area contributed by atoms with Crippen LogP contribution in [0.5, 0.6) is 0 Å². The number of hydrogen-bond donors (Lipinski definition) is 2. The molecule has 1 aromatic rings. The Morgan fingerprint density at radius 2 is 2.20 bits per heavy atom. The summed E-state index contributed by atoms with van der Waals surface area (Å²) in [5, 5.41) is 7.58. The van der Waals surface area contributed by atoms with Crippen molar-refractivity contribution in [1.82, 2.24) is 10.6 Å². The van der Waals surface area contributed by atoms with Gasteiger partial charge in [0.1, 0.15) is 5.82 Å². The van der Waals surface area contributed by atoms with Gasteiger partial charge < -0.3 is 15.4 Å². The van der Waals surface area contributed by atoms with E-state index in [1.54, 1.807) is 20.2 Å². The van der Waals surface area contributed by atoms with Crippen molar-refractivity contribution in [3.8, 4) is 0 Å². The van der Waals surface area contributed by atoms with Crippen LogP contribution in [0.4, 0.5) is 4.39 Å². The van der Waals surface area contributed by atoms with Crippen molar-refractivity contribution in [3.05, 3.63) is 35.1 Å². The van der Waals surface area contributed by atoms with Crippen LogP contribution in [0.1, 0.15) is 37.3 Å². The Morgan fingerprint density at radius 3 is 2.88 bits per heavy atom. The summed E-state index contributed by atoms with van der Waals surface area (Å²) in [6.07, 6.45) is 3.64. The van der Waals surface area contributed by atoms with Gasteiger partial charge in [-0.1, -0.05) is 13.0 Å². The molecule has 2 unspecified atom stereocenters. The van der Waals surface area contributed by atoms with Crippen molar-refractivity contribution in [2.24, 2.45) is 4.99 Å². The van der Waals surface area contributed by atoms with E-state index in [-0.39, 0.29) is 36.4 Å². The summed E-state index contributed by atoms with van der Waals surface area (Å²) in [4.78, 5) is 4.30. The highest BCUT2D eigenvalue weighted by molar-refractivity contribution is 14.0. The molecule has 2 rings (SSSR count). The molecular formula is C18H29FIN3OS. The van der Waals surface area contributed by atoms with Crippen LogP contribution >= 0.6 is 35.7 Å². The lowest BCUT2D eigenvalue weighted by Crippen LogP contribution is -2.42. The van der Waals surface area contributed by atoms with E-state index in [4.69, 9.17) is 4.74 Å². The molecule has 0 aromatic heterocycles. The van der Waals surface area contributed by atoms with Gasteiger partial charge in [0.05, 0.1) is 6.61 Å². The first-order chi connectivity index (χ1) is 11.7. The van der Waals surface area contributed by atoms with Crippen LogP contribution in [0.15, 0.2) is 23.2 Å². The van der Waals surface area contributed by atoms with Crippen LogP contribution in [0.2, 0.25) is 0 Å². The maximum atomic E-state index is 13.7. The van der Waals surface area contributed by atoms with Crippen LogP contribution in [0, 0.1) is 5.82 Å². The van der Waals surface area contributed by atoms with Gasteiger partial charge in [-0.2, -0.15) is 11.8 Å². The molecule has 4 nitrogen and oxygen atoms in total. The smallest absolute Gasteiger partial charge is 0.191 e. The van der Waals surface area contributed by atoms with Gasteiger partial charge in [0, 0.05) is 37.6 Å². The van der Waals surface area contributed by atoms with E-state index in [9.17, 15) is 4.39 Å². The predicted molar refractivity (Wildman–Crippen MR) is 115 cm³/mol. The van der Waals surface area contributed by atoms with Crippen LogP contribution in [-0.2, 0) is 17.9 Å². The molecule has 0 saturated heterocycles. The molecule has 1 saturated carbocycles. The number of nitrogens with one attached hydrogen (secondary N) is 2.